The molecule has 2 heterocycles. The first-order valence-corrected chi connectivity index (χ1v) is 7.02. The van der Waals surface area contributed by atoms with E-state index in [0.29, 0.717) is 41.9 Å². The Morgan fingerprint density at radius 2 is 2.24 bits per heavy atom. The van der Waals surface area contributed by atoms with Crippen LogP contribution in [-0.2, 0) is 4.74 Å². The van der Waals surface area contributed by atoms with Crippen LogP contribution < -0.4 is 0 Å². The van der Waals surface area contributed by atoms with Gasteiger partial charge >= 0.3 is 0 Å². The summed E-state index contributed by atoms with van der Waals surface area (Å²) in [6.45, 7) is 5.45. The molecular weight excluding hydrogens is 271 g/mol. The number of carbonyl (C=O) groups excluding carboxylic acids is 1. The molecule has 0 bridgehead atoms. The number of amides is 1. The van der Waals surface area contributed by atoms with Crippen LogP contribution in [0.1, 0.15) is 23.0 Å². The molecule has 0 aliphatic carbocycles. The van der Waals surface area contributed by atoms with Crippen molar-refractivity contribution < 1.29 is 13.9 Å². The van der Waals surface area contributed by atoms with Crippen molar-refractivity contribution >= 4 is 16.8 Å². The number of morpholine rings is 1. The van der Waals surface area contributed by atoms with Crippen molar-refractivity contribution in [2.45, 2.75) is 20.0 Å². The van der Waals surface area contributed by atoms with E-state index in [1.165, 1.54) is 12.1 Å². The van der Waals surface area contributed by atoms with E-state index in [4.69, 9.17) is 4.74 Å². The van der Waals surface area contributed by atoms with E-state index in [1.807, 2.05) is 13.8 Å². The van der Waals surface area contributed by atoms with Crippen molar-refractivity contribution in [3.63, 3.8) is 0 Å². The molecular formula is C16H17FN2O2. The van der Waals surface area contributed by atoms with Gasteiger partial charge in [-0.05, 0) is 32.0 Å². The molecule has 1 aromatic carbocycles. The SMILES string of the molecule is Cc1cc(C(=O)N2CCO[C@H](C)C2)c2ccc(F)cc2n1. The molecule has 0 saturated carbocycles. The summed E-state index contributed by atoms with van der Waals surface area (Å²) < 4.78 is 18.8. The number of halogens is 1. The summed E-state index contributed by atoms with van der Waals surface area (Å²) in [6, 6.07) is 6.11. The molecule has 1 aliphatic rings. The molecule has 0 radical (unpaired) electrons. The molecule has 1 aromatic heterocycles. The highest BCUT2D eigenvalue weighted by Crippen LogP contribution is 2.22. The first-order chi connectivity index (χ1) is 10.0. The summed E-state index contributed by atoms with van der Waals surface area (Å²) in [5, 5.41) is 0.686. The van der Waals surface area contributed by atoms with Crippen LogP contribution in [0.25, 0.3) is 10.9 Å². The number of benzene rings is 1. The highest BCUT2D eigenvalue weighted by atomic mass is 19.1. The second kappa shape index (κ2) is 5.41. The molecule has 110 valence electrons. The predicted molar refractivity (Wildman–Crippen MR) is 77.8 cm³/mol. The molecule has 1 aliphatic heterocycles. The van der Waals surface area contributed by atoms with E-state index in [1.54, 1.807) is 17.0 Å². The Labute approximate surface area is 122 Å². The second-order valence-electron chi connectivity index (χ2n) is 5.41. The topological polar surface area (TPSA) is 42.4 Å². The smallest absolute Gasteiger partial charge is 0.254 e. The Bertz CT molecular complexity index is 697. The minimum Gasteiger partial charge on any atom is -0.375 e. The summed E-state index contributed by atoms with van der Waals surface area (Å²) in [5.41, 5.74) is 1.80. The number of nitrogens with zero attached hydrogens (tertiary/aromatic N) is 2. The highest BCUT2D eigenvalue weighted by molar-refractivity contribution is 6.06. The van der Waals surface area contributed by atoms with Gasteiger partial charge in [-0.1, -0.05) is 0 Å². The van der Waals surface area contributed by atoms with Crippen LogP contribution in [0.15, 0.2) is 24.3 Å². The van der Waals surface area contributed by atoms with Gasteiger partial charge in [0.2, 0.25) is 0 Å². The Kier molecular flexibility index (Phi) is 3.59. The van der Waals surface area contributed by atoms with Gasteiger partial charge in [0.25, 0.3) is 5.91 Å². The maximum atomic E-state index is 13.4. The minimum atomic E-state index is -0.348. The quantitative estimate of drug-likeness (QED) is 0.810. The number of rotatable bonds is 1. The molecule has 1 atom stereocenters. The fourth-order valence-electron chi connectivity index (χ4n) is 2.68. The lowest BCUT2D eigenvalue weighted by Gasteiger charge is -2.31. The van der Waals surface area contributed by atoms with Gasteiger partial charge in [0.1, 0.15) is 5.82 Å². The van der Waals surface area contributed by atoms with E-state index >= 15 is 0 Å². The van der Waals surface area contributed by atoms with Gasteiger partial charge in [0.15, 0.2) is 0 Å². The van der Waals surface area contributed by atoms with E-state index in [2.05, 4.69) is 4.98 Å². The number of hydrogen-bond donors (Lipinski definition) is 0. The lowest BCUT2D eigenvalue weighted by atomic mass is 10.1. The number of ether oxygens (including phenoxy) is 1. The van der Waals surface area contributed by atoms with Gasteiger partial charge in [-0.25, -0.2) is 4.39 Å². The number of aromatic nitrogens is 1. The Morgan fingerprint density at radius 3 is 3.00 bits per heavy atom. The van der Waals surface area contributed by atoms with E-state index in [0.717, 1.165) is 0 Å². The summed E-state index contributed by atoms with van der Waals surface area (Å²) in [6.07, 6.45) is 0.0364. The average Bonchev–Trinajstić information content (AvgIpc) is 2.45. The summed E-state index contributed by atoms with van der Waals surface area (Å²) >= 11 is 0. The first-order valence-electron chi connectivity index (χ1n) is 7.02. The molecule has 4 nitrogen and oxygen atoms in total. The molecule has 0 N–H and O–H groups in total. The molecule has 2 aromatic rings. The van der Waals surface area contributed by atoms with E-state index < -0.39 is 0 Å². The third-order valence-electron chi connectivity index (χ3n) is 3.66. The number of hydrogen-bond acceptors (Lipinski definition) is 3. The fraction of sp³-hybridized carbons (Fsp3) is 0.375. The minimum absolute atomic E-state index is 0.0364. The standard InChI is InChI=1S/C16H17FN2O2/c1-10-7-14(13-4-3-12(17)8-15(13)18-10)16(20)19-5-6-21-11(2)9-19/h3-4,7-8,11H,5-6,9H2,1-2H3/t11-/m1/s1. The van der Waals surface area contributed by atoms with E-state index in [9.17, 15) is 9.18 Å². The van der Waals surface area contributed by atoms with E-state index in [-0.39, 0.29) is 17.8 Å². The Balaban J connectivity index is 2.04. The number of carbonyl (C=O) groups is 1. The first kappa shape index (κ1) is 13.9. The van der Waals surface area contributed by atoms with Crippen molar-refractivity contribution in [1.82, 2.24) is 9.88 Å². The lowest BCUT2D eigenvalue weighted by molar-refractivity contribution is -0.0123. The van der Waals surface area contributed by atoms with Crippen LogP contribution in [0.5, 0.6) is 0 Å². The van der Waals surface area contributed by atoms with Crippen LogP contribution >= 0.6 is 0 Å². The average molecular weight is 288 g/mol. The molecule has 0 spiro atoms. The molecule has 0 unspecified atom stereocenters. The van der Waals surface area contributed by atoms with Crippen LogP contribution in [-0.4, -0.2) is 41.6 Å². The van der Waals surface area contributed by atoms with Gasteiger partial charge in [-0.3, -0.25) is 9.78 Å². The van der Waals surface area contributed by atoms with Crippen LogP contribution in [0.4, 0.5) is 4.39 Å². The third kappa shape index (κ3) is 2.74. The monoisotopic (exact) mass is 288 g/mol. The van der Waals surface area contributed by atoms with Gasteiger partial charge in [-0.2, -0.15) is 0 Å². The van der Waals surface area contributed by atoms with Gasteiger partial charge < -0.3 is 9.64 Å². The maximum Gasteiger partial charge on any atom is 0.254 e. The molecule has 1 saturated heterocycles. The van der Waals surface area contributed by atoms with Gasteiger partial charge in [-0.15, -0.1) is 0 Å². The molecule has 1 amide bonds. The molecule has 1 fully saturated rings. The van der Waals surface area contributed by atoms with Crippen LogP contribution in [0, 0.1) is 12.7 Å². The summed E-state index contributed by atoms with van der Waals surface area (Å²) in [7, 11) is 0. The van der Waals surface area contributed by atoms with Crippen LogP contribution in [0.3, 0.4) is 0 Å². The lowest BCUT2D eigenvalue weighted by Crippen LogP contribution is -2.44. The van der Waals surface area contributed by atoms with Crippen LogP contribution in [0.2, 0.25) is 0 Å². The van der Waals surface area contributed by atoms with Crippen molar-refractivity contribution in [3.05, 3.63) is 41.3 Å². The van der Waals surface area contributed by atoms with Crippen molar-refractivity contribution in [2.24, 2.45) is 0 Å². The summed E-state index contributed by atoms with van der Waals surface area (Å²) in [4.78, 5) is 18.8. The predicted octanol–water partition coefficient (Wildman–Crippen LogP) is 2.54. The maximum absolute atomic E-state index is 13.4. The highest BCUT2D eigenvalue weighted by Gasteiger charge is 2.24. The third-order valence-corrected chi connectivity index (χ3v) is 3.66. The fourth-order valence-corrected chi connectivity index (χ4v) is 2.68. The number of aryl methyl sites for hydroxylation is 1. The Hall–Kier alpha value is -2.01. The van der Waals surface area contributed by atoms with Crippen molar-refractivity contribution in [2.75, 3.05) is 19.7 Å². The zero-order valence-corrected chi connectivity index (χ0v) is 12.1. The number of fused-ring (bicyclic) bond motifs is 1. The normalized spacial score (nSPS) is 19.0. The molecule has 3 rings (SSSR count). The van der Waals surface area contributed by atoms with Crippen molar-refractivity contribution in [3.8, 4) is 0 Å². The van der Waals surface area contributed by atoms with Gasteiger partial charge in [0.05, 0.1) is 23.8 Å². The summed E-state index contributed by atoms with van der Waals surface area (Å²) in [5.74, 6) is -0.397. The Morgan fingerprint density at radius 1 is 1.43 bits per heavy atom. The number of pyridine rings is 1. The molecule has 5 heteroatoms. The molecule has 21 heavy (non-hydrogen) atoms. The van der Waals surface area contributed by atoms with Crippen molar-refractivity contribution in [1.29, 1.82) is 0 Å². The largest absolute Gasteiger partial charge is 0.375 e. The van der Waals surface area contributed by atoms with Gasteiger partial charge in [0, 0.05) is 30.2 Å². The zero-order valence-electron chi connectivity index (χ0n) is 12.1. The zero-order chi connectivity index (χ0) is 15.0. The second-order valence-corrected chi connectivity index (χ2v) is 5.41.